The molecule has 232 valence electrons. The lowest BCUT2D eigenvalue weighted by Gasteiger charge is -2.14. The maximum absolute atomic E-state index is 12.3. The zero-order valence-electron chi connectivity index (χ0n) is 25.2. The van der Waals surface area contributed by atoms with Crippen LogP contribution in [-0.4, -0.2) is 64.9 Å². The summed E-state index contributed by atoms with van der Waals surface area (Å²) in [6.07, 6.45) is -0.224. The number of benzene rings is 4. The van der Waals surface area contributed by atoms with Crippen molar-refractivity contribution in [1.82, 2.24) is 10.6 Å². The highest BCUT2D eigenvalue weighted by atomic mass is 16.6. The van der Waals surface area contributed by atoms with Crippen molar-refractivity contribution in [2.75, 3.05) is 52.7 Å². The second-order valence-electron chi connectivity index (χ2n) is 11.1. The van der Waals surface area contributed by atoms with E-state index in [1.165, 1.54) is 44.5 Å². The number of fused-ring (bicyclic) bond motifs is 6. The number of amides is 2. The van der Waals surface area contributed by atoms with Crippen LogP contribution in [0.3, 0.4) is 0 Å². The summed E-state index contributed by atoms with van der Waals surface area (Å²) in [4.78, 5) is 24.5. The molecule has 0 aromatic heterocycles. The Morgan fingerprint density at radius 1 is 0.489 bits per heavy atom. The van der Waals surface area contributed by atoms with E-state index in [0.717, 1.165) is 0 Å². The summed E-state index contributed by atoms with van der Waals surface area (Å²) >= 11 is 0. The number of carbonyl (C=O) groups excluding carboxylic acids is 2. The molecule has 0 fully saturated rings. The Balaban J connectivity index is 0.781. The molecular weight excluding hydrogens is 568 g/mol. The monoisotopic (exact) mass is 606 g/mol. The minimum Gasteiger partial charge on any atom is -0.449 e. The molecule has 2 aliphatic rings. The second kappa shape index (κ2) is 14.9. The molecule has 0 atom stereocenters. The quantitative estimate of drug-likeness (QED) is 0.160. The number of carbonyl (C=O) groups is 2. The van der Waals surface area contributed by atoms with Gasteiger partial charge < -0.3 is 29.6 Å². The van der Waals surface area contributed by atoms with E-state index in [9.17, 15) is 9.59 Å². The van der Waals surface area contributed by atoms with E-state index < -0.39 is 12.2 Å². The third-order valence-corrected chi connectivity index (χ3v) is 8.31. The molecule has 0 radical (unpaired) electrons. The topological polar surface area (TPSA) is 95.1 Å². The summed E-state index contributed by atoms with van der Waals surface area (Å²) in [5.41, 5.74) is 9.55. The van der Waals surface area contributed by atoms with Gasteiger partial charge in [0.15, 0.2) is 0 Å². The van der Waals surface area contributed by atoms with Crippen molar-refractivity contribution < 1.29 is 28.5 Å². The van der Waals surface area contributed by atoms with E-state index in [1.807, 2.05) is 48.5 Å². The summed E-state index contributed by atoms with van der Waals surface area (Å²) in [6.45, 7) is 3.07. The molecule has 0 bridgehead atoms. The lowest BCUT2D eigenvalue weighted by molar-refractivity contribution is 0.0473. The van der Waals surface area contributed by atoms with Crippen molar-refractivity contribution in [3.8, 4) is 22.3 Å². The number of hydrogen-bond donors (Lipinski definition) is 2. The van der Waals surface area contributed by atoms with Crippen molar-refractivity contribution >= 4 is 12.2 Å². The van der Waals surface area contributed by atoms with Gasteiger partial charge in [0.1, 0.15) is 13.2 Å². The molecule has 4 aromatic carbocycles. The standard InChI is InChI=1S/C37H38N2O6/c40-36(44-24-34-30-14-5-1-10-26(30)27-11-2-6-15-31(27)34)38-18-9-20-42-22-23-43-21-19-39-37(41)45-25-35-32-16-7-3-12-28(32)29-13-4-8-17-33(29)35/h1-8,10-17,34-35H,9,18-25H2,(H,38,40)(H,39,41). The van der Waals surface area contributed by atoms with E-state index in [2.05, 4.69) is 59.2 Å². The molecule has 0 unspecified atom stereocenters. The first-order valence-electron chi connectivity index (χ1n) is 15.5. The molecule has 8 nitrogen and oxygen atoms in total. The molecule has 2 aliphatic carbocycles. The largest absolute Gasteiger partial charge is 0.449 e. The number of ether oxygens (including phenoxy) is 4. The molecule has 8 heteroatoms. The van der Waals surface area contributed by atoms with Gasteiger partial charge in [-0.3, -0.25) is 0 Å². The maximum atomic E-state index is 12.3. The number of rotatable bonds is 14. The zero-order chi connectivity index (χ0) is 30.8. The Kier molecular flexibility index (Phi) is 10.0. The predicted octanol–water partition coefficient (Wildman–Crippen LogP) is 6.49. The average molecular weight is 607 g/mol. The van der Waals surface area contributed by atoms with Crippen molar-refractivity contribution in [3.63, 3.8) is 0 Å². The normalized spacial score (nSPS) is 13.0. The Hall–Kier alpha value is -4.66. The van der Waals surface area contributed by atoms with Crippen molar-refractivity contribution in [3.05, 3.63) is 119 Å². The van der Waals surface area contributed by atoms with Gasteiger partial charge in [0.2, 0.25) is 0 Å². The van der Waals surface area contributed by atoms with Gasteiger partial charge in [0.25, 0.3) is 0 Å². The summed E-state index contributed by atoms with van der Waals surface area (Å²) < 4.78 is 22.2. The van der Waals surface area contributed by atoms with Crippen LogP contribution in [0.4, 0.5) is 9.59 Å². The van der Waals surface area contributed by atoms with Crippen LogP contribution in [0.2, 0.25) is 0 Å². The highest BCUT2D eigenvalue weighted by molar-refractivity contribution is 5.80. The fraction of sp³-hybridized carbons (Fsp3) is 0.297. The molecule has 0 saturated heterocycles. The summed E-state index contributed by atoms with van der Waals surface area (Å²) in [7, 11) is 0. The zero-order valence-corrected chi connectivity index (χ0v) is 25.2. The van der Waals surface area contributed by atoms with Gasteiger partial charge in [-0.15, -0.1) is 0 Å². The molecular formula is C37H38N2O6. The number of hydrogen-bond acceptors (Lipinski definition) is 6. The van der Waals surface area contributed by atoms with Gasteiger partial charge in [-0.05, 0) is 50.9 Å². The Bertz CT molecular complexity index is 1410. The van der Waals surface area contributed by atoms with Gasteiger partial charge in [-0.1, -0.05) is 97.1 Å². The molecule has 0 spiro atoms. The third kappa shape index (κ3) is 7.19. The molecule has 2 amide bonds. The third-order valence-electron chi connectivity index (χ3n) is 8.31. The minimum atomic E-state index is -0.458. The smallest absolute Gasteiger partial charge is 0.407 e. The minimum absolute atomic E-state index is 0.0330. The molecule has 0 saturated carbocycles. The molecule has 0 heterocycles. The SMILES string of the molecule is O=C(NCCCOCCOCCNC(=O)OCC1c2ccccc2-c2ccccc21)OCC1c2ccccc2-c2ccccc21. The van der Waals surface area contributed by atoms with Crippen molar-refractivity contribution in [2.45, 2.75) is 18.3 Å². The molecule has 6 rings (SSSR count). The average Bonchev–Trinajstić information content (AvgIpc) is 3.57. The van der Waals surface area contributed by atoms with Crippen LogP contribution in [0, 0.1) is 0 Å². The lowest BCUT2D eigenvalue weighted by Crippen LogP contribution is -2.29. The van der Waals surface area contributed by atoms with Crippen LogP contribution in [0.15, 0.2) is 97.1 Å². The van der Waals surface area contributed by atoms with Gasteiger partial charge in [-0.2, -0.15) is 0 Å². The van der Waals surface area contributed by atoms with Gasteiger partial charge in [0, 0.05) is 31.5 Å². The maximum Gasteiger partial charge on any atom is 0.407 e. The summed E-state index contributed by atoms with van der Waals surface area (Å²) in [6, 6.07) is 33.0. The van der Waals surface area contributed by atoms with Crippen LogP contribution in [-0.2, 0) is 18.9 Å². The summed E-state index contributed by atoms with van der Waals surface area (Å²) in [5.74, 6) is 0.0752. The predicted molar refractivity (Wildman–Crippen MR) is 172 cm³/mol. The van der Waals surface area contributed by atoms with E-state index >= 15 is 0 Å². The number of alkyl carbamates (subject to hydrolysis) is 2. The fourth-order valence-corrected chi connectivity index (χ4v) is 6.21. The Morgan fingerprint density at radius 2 is 0.867 bits per heavy atom. The van der Waals surface area contributed by atoms with E-state index in [4.69, 9.17) is 18.9 Å². The Morgan fingerprint density at radius 3 is 1.31 bits per heavy atom. The highest BCUT2D eigenvalue weighted by Gasteiger charge is 2.30. The lowest BCUT2D eigenvalue weighted by atomic mass is 9.98. The second-order valence-corrected chi connectivity index (χ2v) is 11.1. The molecule has 0 aliphatic heterocycles. The fourth-order valence-electron chi connectivity index (χ4n) is 6.21. The molecule has 2 N–H and O–H groups in total. The molecule has 4 aromatic rings. The van der Waals surface area contributed by atoms with Crippen molar-refractivity contribution in [2.24, 2.45) is 0 Å². The van der Waals surface area contributed by atoms with Gasteiger partial charge >= 0.3 is 12.2 Å². The van der Waals surface area contributed by atoms with E-state index in [0.29, 0.717) is 52.5 Å². The molecule has 45 heavy (non-hydrogen) atoms. The summed E-state index contributed by atoms with van der Waals surface area (Å²) in [5, 5.41) is 5.54. The van der Waals surface area contributed by atoms with Crippen LogP contribution in [0.1, 0.15) is 40.5 Å². The van der Waals surface area contributed by atoms with E-state index in [1.54, 1.807) is 0 Å². The van der Waals surface area contributed by atoms with Crippen LogP contribution in [0.25, 0.3) is 22.3 Å². The van der Waals surface area contributed by atoms with Crippen LogP contribution in [0.5, 0.6) is 0 Å². The van der Waals surface area contributed by atoms with E-state index in [-0.39, 0.29) is 18.4 Å². The first-order valence-corrected chi connectivity index (χ1v) is 15.5. The highest BCUT2D eigenvalue weighted by Crippen LogP contribution is 2.45. The van der Waals surface area contributed by atoms with Crippen LogP contribution < -0.4 is 10.6 Å². The van der Waals surface area contributed by atoms with Crippen LogP contribution >= 0.6 is 0 Å². The number of nitrogens with one attached hydrogen (secondary N) is 2. The van der Waals surface area contributed by atoms with Gasteiger partial charge in [0.05, 0.1) is 19.8 Å². The van der Waals surface area contributed by atoms with Gasteiger partial charge in [-0.25, -0.2) is 9.59 Å². The van der Waals surface area contributed by atoms with Crippen molar-refractivity contribution in [1.29, 1.82) is 0 Å². The first-order chi connectivity index (χ1) is 22.2. The Labute approximate surface area is 263 Å². The first kappa shape index (κ1) is 30.4.